The summed E-state index contributed by atoms with van der Waals surface area (Å²) in [6.45, 7) is 2.21. The van der Waals surface area contributed by atoms with Crippen LogP contribution >= 0.6 is 0 Å². The first-order chi connectivity index (χ1) is 8.92. The van der Waals surface area contributed by atoms with E-state index in [9.17, 15) is 13.2 Å². The highest BCUT2D eigenvalue weighted by Gasteiger charge is 2.29. The minimum atomic E-state index is -3.92. The van der Waals surface area contributed by atoms with Crippen LogP contribution in [0, 0.1) is 6.92 Å². The molecule has 0 radical (unpaired) electrons. The van der Waals surface area contributed by atoms with Crippen molar-refractivity contribution in [1.29, 1.82) is 0 Å². The number of ether oxygens (including phenoxy) is 1. The Labute approximate surface area is 110 Å². The fraction of sp³-hybridized carbons (Fsp3) is 0.600. The van der Waals surface area contributed by atoms with Crippen LogP contribution in [0.15, 0.2) is 4.90 Å². The number of aromatic carboxylic acids is 1. The lowest BCUT2D eigenvalue weighted by Crippen LogP contribution is -2.32. The maximum absolute atomic E-state index is 12.1. The number of nitrogens with one attached hydrogen (secondary N) is 2. The van der Waals surface area contributed by atoms with E-state index >= 15 is 0 Å². The van der Waals surface area contributed by atoms with Gasteiger partial charge in [0.25, 0.3) is 0 Å². The fourth-order valence-electron chi connectivity index (χ4n) is 1.97. The predicted molar refractivity (Wildman–Crippen MR) is 64.4 cm³/mol. The van der Waals surface area contributed by atoms with Crippen LogP contribution in [0.1, 0.15) is 29.0 Å². The highest BCUT2D eigenvalue weighted by molar-refractivity contribution is 7.89. The number of aromatic amines is 1. The number of hydrogen-bond acceptors (Lipinski definition) is 5. The first kappa shape index (κ1) is 14.0. The molecule has 9 heteroatoms. The van der Waals surface area contributed by atoms with Crippen LogP contribution in [0.5, 0.6) is 0 Å². The van der Waals surface area contributed by atoms with Gasteiger partial charge in [-0.2, -0.15) is 5.10 Å². The van der Waals surface area contributed by atoms with Crippen molar-refractivity contribution in [3.8, 4) is 0 Å². The average Bonchev–Trinajstić information content (AvgIpc) is 2.95. The number of carboxylic acid groups (broad SMARTS) is 1. The molecule has 1 aromatic heterocycles. The molecule has 0 aliphatic carbocycles. The molecule has 1 saturated heterocycles. The van der Waals surface area contributed by atoms with E-state index in [1.165, 1.54) is 6.92 Å². The van der Waals surface area contributed by atoms with E-state index in [2.05, 4.69) is 14.9 Å². The molecule has 0 spiro atoms. The van der Waals surface area contributed by atoms with Crippen LogP contribution in [0.2, 0.25) is 0 Å². The zero-order chi connectivity index (χ0) is 14.0. The zero-order valence-electron chi connectivity index (χ0n) is 10.3. The number of carbonyl (C=O) groups is 1. The Morgan fingerprint density at radius 1 is 1.63 bits per heavy atom. The first-order valence-electron chi connectivity index (χ1n) is 5.81. The molecular weight excluding hydrogens is 274 g/mol. The smallest absolute Gasteiger partial charge is 0.357 e. The number of nitrogens with zero attached hydrogens (tertiary/aromatic N) is 1. The van der Waals surface area contributed by atoms with Crippen molar-refractivity contribution < 1.29 is 23.1 Å². The van der Waals surface area contributed by atoms with E-state index in [1.807, 2.05) is 0 Å². The summed E-state index contributed by atoms with van der Waals surface area (Å²) in [5, 5.41) is 14.8. The topological polar surface area (TPSA) is 121 Å². The van der Waals surface area contributed by atoms with Crippen molar-refractivity contribution in [2.45, 2.75) is 30.8 Å². The van der Waals surface area contributed by atoms with Gasteiger partial charge < -0.3 is 9.84 Å². The summed E-state index contributed by atoms with van der Waals surface area (Å²) in [6, 6.07) is 0. The molecule has 1 unspecified atom stereocenters. The van der Waals surface area contributed by atoms with Gasteiger partial charge in [0.2, 0.25) is 10.0 Å². The molecule has 2 heterocycles. The van der Waals surface area contributed by atoms with Gasteiger partial charge >= 0.3 is 5.97 Å². The molecule has 0 bridgehead atoms. The molecule has 3 N–H and O–H groups in total. The highest BCUT2D eigenvalue weighted by atomic mass is 32.2. The van der Waals surface area contributed by atoms with Crippen molar-refractivity contribution in [1.82, 2.24) is 14.9 Å². The Balaban J connectivity index is 2.19. The quantitative estimate of drug-likeness (QED) is 0.694. The second kappa shape index (κ2) is 5.27. The molecule has 0 amide bonds. The lowest BCUT2D eigenvalue weighted by atomic mass is 10.2. The summed E-state index contributed by atoms with van der Waals surface area (Å²) in [5.74, 6) is -1.39. The van der Waals surface area contributed by atoms with Gasteiger partial charge in [-0.1, -0.05) is 0 Å². The molecular formula is C10H15N3O5S. The number of carboxylic acids is 1. The summed E-state index contributed by atoms with van der Waals surface area (Å²) in [4.78, 5) is 10.6. The van der Waals surface area contributed by atoms with Crippen LogP contribution in [-0.2, 0) is 14.8 Å². The van der Waals surface area contributed by atoms with Crippen LogP contribution in [-0.4, -0.2) is 48.9 Å². The zero-order valence-corrected chi connectivity index (χ0v) is 11.2. The fourth-order valence-corrected chi connectivity index (χ4v) is 3.36. The summed E-state index contributed by atoms with van der Waals surface area (Å²) in [7, 11) is -3.92. The largest absolute Gasteiger partial charge is 0.476 e. The molecule has 19 heavy (non-hydrogen) atoms. The normalized spacial score (nSPS) is 19.7. The molecule has 1 aliphatic heterocycles. The second-order valence-electron chi connectivity index (χ2n) is 4.32. The highest BCUT2D eigenvalue weighted by Crippen LogP contribution is 2.18. The number of sulfonamides is 1. The molecule has 0 aromatic carbocycles. The first-order valence-corrected chi connectivity index (χ1v) is 7.29. The lowest BCUT2D eigenvalue weighted by Gasteiger charge is -2.11. The van der Waals surface area contributed by atoms with Gasteiger partial charge in [0, 0.05) is 13.2 Å². The van der Waals surface area contributed by atoms with Crippen LogP contribution in [0.3, 0.4) is 0 Å². The minimum Gasteiger partial charge on any atom is -0.476 e. The van der Waals surface area contributed by atoms with Gasteiger partial charge in [-0.25, -0.2) is 17.9 Å². The van der Waals surface area contributed by atoms with Gasteiger partial charge in [-0.05, 0) is 19.8 Å². The van der Waals surface area contributed by atoms with Gasteiger partial charge in [0.1, 0.15) is 4.90 Å². The van der Waals surface area contributed by atoms with E-state index in [4.69, 9.17) is 9.84 Å². The molecule has 8 nitrogen and oxygen atoms in total. The maximum atomic E-state index is 12.1. The third-order valence-electron chi connectivity index (χ3n) is 2.89. The van der Waals surface area contributed by atoms with Gasteiger partial charge in [0.15, 0.2) is 5.69 Å². The van der Waals surface area contributed by atoms with E-state index in [0.717, 1.165) is 12.8 Å². The SMILES string of the molecule is Cc1[nH]nc(C(=O)O)c1S(=O)(=O)NCC1CCCO1. The molecule has 1 aromatic rings. The second-order valence-corrected chi connectivity index (χ2v) is 6.02. The molecule has 1 fully saturated rings. The average molecular weight is 289 g/mol. The Hall–Kier alpha value is -1.45. The minimum absolute atomic E-state index is 0.131. The molecule has 2 rings (SSSR count). The van der Waals surface area contributed by atoms with E-state index < -0.39 is 21.7 Å². The van der Waals surface area contributed by atoms with Crippen molar-refractivity contribution in [3.63, 3.8) is 0 Å². The summed E-state index contributed by atoms with van der Waals surface area (Å²) < 4.78 is 31.9. The number of aryl methyl sites for hydroxylation is 1. The Bertz CT molecular complexity index is 574. The van der Waals surface area contributed by atoms with Gasteiger partial charge in [0.05, 0.1) is 11.8 Å². The lowest BCUT2D eigenvalue weighted by molar-refractivity contribution is 0.0686. The third-order valence-corrected chi connectivity index (χ3v) is 4.47. The molecule has 1 aliphatic rings. The van der Waals surface area contributed by atoms with Crippen LogP contribution < -0.4 is 4.72 Å². The molecule has 106 valence electrons. The van der Waals surface area contributed by atoms with Crippen molar-refractivity contribution in [2.75, 3.05) is 13.2 Å². The third kappa shape index (κ3) is 2.94. The maximum Gasteiger partial charge on any atom is 0.357 e. The number of aromatic nitrogens is 2. The monoisotopic (exact) mass is 289 g/mol. The Kier molecular flexibility index (Phi) is 3.88. The van der Waals surface area contributed by atoms with Crippen molar-refractivity contribution in [3.05, 3.63) is 11.4 Å². The summed E-state index contributed by atoms with van der Waals surface area (Å²) >= 11 is 0. The number of rotatable bonds is 5. The van der Waals surface area contributed by atoms with Gasteiger partial charge in [-0.3, -0.25) is 5.10 Å². The number of H-pyrrole nitrogens is 1. The summed E-state index contributed by atoms with van der Waals surface area (Å²) in [5.41, 5.74) is -0.311. The van der Waals surface area contributed by atoms with E-state index in [-0.39, 0.29) is 23.2 Å². The Morgan fingerprint density at radius 2 is 2.37 bits per heavy atom. The van der Waals surface area contributed by atoms with Crippen LogP contribution in [0.25, 0.3) is 0 Å². The number of hydrogen-bond donors (Lipinski definition) is 3. The Morgan fingerprint density at radius 3 is 2.95 bits per heavy atom. The van der Waals surface area contributed by atoms with E-state index in [0.29, 0.717) is 6.61 Å². The van der Waals surface area contributed by atoms with E-state index in [1.54, 1.807) is 0 Å². The van der Waals surface area contributed by atoms with Crippen LogP contribution in [0.4, 0.5) is 0 Å². The van der Waals surface area contributed by atoms with Gasteiger partial charge in [-0.15, -0.1) is 0 Å². The predicted octanol–water partition coefficient (Wildman–Crippen LogP) is -0.126. The molecule has 0 saturated carbocycles. The molecule has 1 atom stereocenters. The van der Waals surface area contributed by atoms with Crippen molar-refractivity contribution >= 4 is 16.0 Å². The summed E-state index contributed by atoms with van der Waals surface area (Å²) in [6.07, 6.45) is 1.53. The standard InChI is InChI=1S/C10H15N3O5S/c1-6-9(8(10(14)15)13-12-6)19(16,17)11-5-7-3-2-4-18-7/h7,11H,2-5H2,1H3,(H,12,13)(H,14,15). The van der Waals surface area contributed by atoms with Crippen molar-refractivity contribution in [2.24, 2.45) is 0 Å².